The summed E-state index contributed by atoms with van der Waals surface area (Å²) < 4.78 is 56.9. The summed E-state index contributed by atoms with van der Waals surface area (Å²) in [5, 5.41) is 31.8. The van der Waals surface area contributed by atoms with Gasteiger partial charge in [0.1, 0.15) is 5.75 Å². The molecule has 0 aliphatic heterocycles. The maximum absolute atomic E-state index is 12.4. The predicted molar refractivity (Wildman–Crippen MR) is 143 cm³/mol. The highest BCUT2D eigenvalue weighted by Crippen LogP contribution is 2.28. The number of phenols is 1. The number of aromatic amines is 1. The molecule has 0 spiro atoms. The van der Waals surface area contributed by atoms with Crippen molar-refractivity contribution in [2.45, 2.75) is 31.7 Å². The fourth-order valence-corrected chi connectivity index (χ4v) is 4.24. The number of nitrogens with zero attached hydrogens (tertiary/aromatic N) is 1. The Morgan fingerprint density at radius 1 is 1.15 bits per heavy atom. The molecule has 1 aromatic heterocycles. The second-order valence-electron chi connectivity index (χ2n) is 9.22. The number of aromatic hydroxyl groups is 1. The van der Waals surface area contributed by atoms with E-state index < -0.39 is 28.3 Å². The molecule has 0 bridgehead atoms. The van der Waals surface area contributed by atoms with Gasteiger partial charge in [-0.2, -0.15) is 13.2 Å². The largest absolute Gasteiger partial charge is 0.506 e. The number of aliphatic hydroxyl groups is 1. The first-order chi connectivity index (χ1) is 18.4. The number of nitrogens with one attached hydrogen (secondary N) is 3. The van der Waals surface area contributed by atoms with Gasteiger partial charge in [-0.15, -0.1) is 0 Å². The van der Waals surface area contributed by atoms with Gasteiger partial charge in [0.05, 0.1) is 29.1 Å². The first-order valence-corrected chi connectivity index (χ1v) is 13.6. The molecule has 3 aromatic rings. The molecule has 1 amide bonds. The number of sulfonamides is 1. The van der Waals surface area contributed by atoms with Crippen molar-refractivity contribution in [2.24, 2.45) is 0 Å². The van der Waals surface area contributed by atoms with E-state index in [1.807, 2.05) is 25.3 Å². The lowest BCUT2D eigenvalue weighted by Crippen LogP contribution is -2.32. The molecule has 0 fully saturated rings. The number of amides is 1. The van der Waals surface area contributed by atoms with Gasteiger partial charge in [0.25, 0.3) is 5.91 Å². The first-order valence-electron chi connectivity index (χ1n) is 11.7. The highest BCUT2D eigenvalue weighted by molar-refractivity contribution is 7.92. The van der Waals surface area contributed by atoms with Crippen LogP contribution >= 0.6 is 0 Å². The lowest BCUT2D eigenvalue weighted by atomic mass is 10.0. The number of carboxylic acid groups (broad SMARTS) is 1. The number of phenolic OH excluding ortho intramolecular Hbond substituents is 1. The molecule has 2 atom stereocenters. The molecule has 0 aliphatic rings. The second-order valence-corrected chi connectivity index (χ2v) is 11.0. The van der Waals surface area contributed by atoms with E-state index in [0.29, 0.717) is 17.5 Å². The van der Waals surface area contributed by atoms with Crippen LogP contribution in [-0.2, 0) is 21.2 Å². The fourth-order valence-electron chi connectivity index (χ4n) is 3.68. The molecule has 40 heavy (non-hydrogen) atoms. The van der Waals surface area contributed by atoms with Crippen molar-refractivity contribution in [3.63, 3.8) is 0 Å². The minimum Gasteiger partial charge on any atom is -0.506 e. The minimum atomic E-state index is -5.08. The van der Waals surface area contributed by atoms with Gasteiger partial charge < -0.3 is 30.5 Å². The second kappa shape index (κ2) is 13.0. The number of aliphatic carboxylic acids is 1. The van der Waals surface area contributed by atoms with Crippen LogP contribution in [0, 0.1) is 0 Å². The summed E-state index contributed by atoms with van der Waals surface area (Å²) in [7, 11) is -0.125. The van der Waals surface area contributed by atoms with E-state index in [2.05, 4.69) is 15.0 Å². The minimum absolute atomic E-state index is 0.0117. The third kappa shape index (κ3) is 9.14. The van der Waals surface area contributed by atoms with Gasteiger partial charge >= 0.3 is 12.1 Å². The number of aromatic nitrogens is 1. The number of hydrogen-bond donors (Lipinski definition) is 6. The van der Waals surface area contributed by atoms with E-state index in [4.69, 9.17) is 9.90 Å². The number of H-pyrrole nitrogens is 1. The Kier molecular flexibility index (Phi) is 10.5. The van der Waals surface area contributed by atoms with Crippen LogP contribution in [0.25, 0.3) is 10.9 Å². The summed E-state index contributed by atoms with van der Waals surface area (Å²) in [6, 6.07) is 9.95. The summed E-state index contributed by atoms with van der Waals surface area (Å²) in [6.07, 6.45) is -2.43. The van der Waals surface area contributed by atoms with Gasteiger partial charge in [-0.1, -0.05) is 18.2 Å². The van der Waals surface area contributed by atoms with Crippen LogP contribution in [0.1, 0.15) is 34.5 Å². The summed E-state index contributed by atoms with van der Waals surface area (Å²) in [6.45, 7) is 2.23. The number of para-hydroxylation sites is 1. The molecule has 0 saturated heterocycles. The Balaban J connectivity index is 0.000000708. The Labute approximate surface area is 228 Å². The number of hydrogen-bond acceptors (Lipinski definition) is 7. The van der Waals surface area contributed by atoms with E-state index in [-0.39, 0.29) is 29.9 Å². The van der Waals surface area contributed by atoms with Crippen LogP contribution in [0.5, 0.6) is 5.75 Å². The molecule has 11 nitrogen and oxygen atoms in total. The molecular weight excluding hydrogens is 557 g/mol. The monoisotopic (exact) mass is 588 g/mol. The molecule has 0 radical (unpaired) electrons. The van der Waals surface area contributed by atoms with Crippen LogP contribution < -0.4 is 10.0 Å². The van der Waals surface area contributed by atoms with E-state index in [9.17, 15) is 36.6 Å². The van der Waals surface area contributed by atoms with Crippen molar-refractivity contribution in [2.75, 3.05) is 31.6 Å². The number of carbonyl (C=O) groups excluding carboxylic acids is 1. The molecule has 0 unspecified atom stereocenters. The summed E-state index contributed by atoms with van der Waals surface area (Å²) in [4.78, 5) is 26.1. The average Bonchev–Trinajstić information content (AvgIpc) is 3.25. The maximum Gasteiger partial charge on any atom is 0.490 e. The fraction of sp³-hybridized carbons (Fsp3) is 0.360. The molecule has 15 heteroatoms. The van der Waals surface area contributed by atoms with E-state index in [1.165, 1.54) is 12.1 Å². The molecule has 0 saturated carbocycles. The number of aliphatic hydroxyl groups excluding tert-OH is 1. The van der Waals surface area contributed by atoms with Crippen LogP contribution in [0.2, 0.25) is 0 Å². The topological polar surface area (TPSA) is 172 Å². The zero-order valence-corrected chi connectivity index (χ0v) is 22.9. The number of anilines is 1. The molecule has 0 aliphatic carbocycles. The maximum atomic E-state index is 12.4. The SMILES string of the molecule is C[C@H](Cc1c[nH]c2c(C(=O)N(C)C)cccc12)NC[C@H](O)c1ccc(O)c(NS(C)(=O)=O)c1.O=C(O)C(F)(F)F. The molecule has 6 N–H and O–H groups in total. The van der Waals surface area contributed by atoms with Gasteiger partial charge in [-0.25, -0.2) is 13.2 Å². The lowest BCUT2D eigenvalue weighted by Gasteiger charge is -2.18. The van der Waals surface area contributed by atoms with Gasteiger partial charge in [-0.3, -0.25) is 9.52 Å². The lowest BCUT2D eigenvalue weighted by molar-refractivity contribution is -0.192. The zero-order valence-electron chi connectivity index (χ0n) is 22.1. The third-order valence-electron chi connectivity index (χ3n) is 5.57. The van der Waals surface area contributed by atoms with Crippen molar-refractivity contribution in [1.82, 2.24) is 15.2 Å². The Hall–Kier alpha value is -3.82. The van der Waals surface area contributed by atoms with Gasteiger partial charge in [-0.05, 0) is 42.7 Å². The summed E-state index contributed by atoms with van der Waals surface area (Å²) in [5.41, 5.74) is 2.96. The van der Waals surface area contributed by atoms with E-state index >= 15 is 0 Å². The standard InChI is InChI=1S/C23H30N4O5S.C2HF3O2/c1-14(10-16-12-25-22-17(16)6-5-7-18(22)23(30)27(2)3)24-13-21(29)15-8-9-20(28)19(11-15)26-33(4,31)32;3-2(4,5)1(6)7/h5-9,11-12,14,21,24-26,28-29H,10,13H2,1-4H3;(H,6,7)/t14-,21+;/m1./s1. The van der Waals surface area contributed by atoms with Crippen LogP contribution in [0.15, 0.2) is 42.6 Å². The number of carbonyl (C=O) groups is 2. The van der Waals surface area contributed by atoms with E-state index in [1.54, 1.807) is 31.1 Å². The molecule has 3 rings (SSSR count). The van der Waals surface area contributed by atoms with Crippen molar-refractivity contribution in [3.05, 3.63) is 59.3 Å². The highest BCUT2D eigenvalue weighted by Gasteiger charge is 2.38. The third-order valence-corrected chi connectivity index (χ3v) is 6.16. The van der Waals surface area contributed by atoms with Crippen molar-refractivity contribution in [1.29, 1.82) is 0 Å². The number of halogens is 3. The molecule has 1 heterocycles. The molecular formula is C25H31F3N4O7S. The average molecular weight is 589 g/mol. The quantitative estimate of drug-likeness (QED) is 0.207. The first kappa shape index (κ1) is 32.4. The van der Waals surface area contributed by atoms with Crippen LogP contribution in [0.4, 0.5) is 18.9 Å². The van der Waals surface area contributed by atoms with Crippen LogP contribution in [0.3, 0.4) is 0 Å². The number of rotatable bonds is 9. The Bertz CT molecular complexity index is 1460. The van der Waals surface area contributed by atoms with Crippen LogP contribution in [-0.4, -0.2) is 84.6 Å². The van der Waals surface area contributed by atoms with Gasteiger partial charge in [0.2, 0.25) is 10.0 Å². The summed E-state index contributed by atoms with van der Waals surface area (Å²) >= 11 is 0. The summed E-state index contributed by atoms with van der Waals surface area (Å²) in [5.74, 6) is -3.04. The van der Waals surface area contributed by atoms with Gasteiger partial charge in [0, 0.05) is 38.3 Å². The van der Waals surface area contributed by atoms with Gasteiger partial charge in [0.15, 0.2) is 0 Å². The normalized spacial score (nSPS) is 13.2. The van der Waals surface area contributed by atoms with E-state index in [0.717, 1.165) is 22.7 Å². The zero-order chi connectivity index (χ0) is 30.4. The number of fused-ring (bicyclic) bond motifs is 1. The molecule has 2 aromatic carbocycles. The molecule has 220 valence electrons. The number of benzene rings is 2. The smallest absolute Gasteiger partial charge is 0.490 e. The predicted octanol–water partition coefficient (Wildman–Crippen LogP) is 2.83. The Morgan fingerprint density at radius 2 is 1.77 bits per heavy atom. The van der Waals surface area contributed by atoms with Crippen molar-refractivity contribution < 1.29 is 46.5 Å². The number of carboxylic acids is 1. The number of alkyl halides is 3. The highest BCUT2D eigenvalue weighted by atomic mass is 32.2. The Morgan fingerprint density at radius 3 is 2.33 bits per heavy atom. The van der Waals surface area contributed by atoms with Crippen molar-refractivity contribution in [3.8, 4) is 5.75 Å². The van der Waals surface area contributed by atoms with Crippen molar-refractivity contribution >= 4 is 38.5 Å².